The van der Waals surface area contributed by atoms with Gasteiger partial charge in [-0.3, -0.25) is 14.6 Å². The van der Waals surface area contributed by atoms with Gasteiger partial charge in [0.2, 0.25) is 11.8 Å². The van der Waals surface area contributed by atoms with Crippen LogP contribution in [-0.2, 0) is 22.4 Å². The quantitative estimate of drug-likeness (QED) is 0.604. The molecule has 1 aromatic heterocycles. The van der Waals surface area contributed by atoms with E-state index in [1.165, 1.54) is 0 Å². The summed E-state index contributed by atoms with van der Waals surface area (Å²) in [5, 5.41) is 6.17. The number of nitrogens with zero attached hydrogens (tertiary/aromatic N) is 1. The monoisotopic (exact) mass is 427 g/mol. The average molecular weight is 428 g/mol. The molecule has 0 aliphatic heterocycles. The van der Waals surface area contributed by atoms with Crippen molar-refractivity contribution < 1.29 is 9.59 Å². The molecule has 32 heavy (non-hydrogen) atoms. The van der Waals surface area contributed by atoms with Gasteiger partial charge in [-0.2, -0.15) is 0 Å². The standard InChI is InChI=1S/C27H29N3O2/c1-3-19-5-7-20(8-6-19)13-25(31)29-12-10-27(4-2)16-24(27)18-30-26(32)22-14-21-9-11-28-17-23(21)15-22/h1,5-9,11,15,17,24H,4,10,12-14,16,18H2,2H3,(H,29,31)(H,30,32). The molecule has 2 atom stereocenters. The Morgan fingerprint density at radius 1 is 1.22 bits per heavy atom. The number of terminal acetylenes is 1. The number of amides is 2. The number of benzene rings is 1. The van der Waals surface area contributed by atoms with E-state index in [0.29, 0.717) is 31.8 Å². The first kappa shape index (κ1) is 21.8. The van der Waals surface area contributed by atoms with E-state index in [2.05, 4.69) is 28.5 Å². The summed E-state index contributed by atoms with van der Waals surface area (Å²) in [4.78, 5) is 29.0. The van der Waals surface area contributed by atoms with Crippen LogP contribution in [0.4, 0.5) is 0 Å². The van der Waals surface area contributed by atoms with Crippen molar-refractivity contribution in [2.24, 2.45) is 11.3 Å². The molecule has 0 saturated heterocycles. The van der Waals surface area contributed by atoms with Crippen LogP contribution < -0.4 is 10.6 Å². The molecule has 1 fully saturated rings. The van der Waals surface area contributed by atoms with E-state index < -0.39 is 0 Å². The minimum absolute atomic E-state index is 0.0160. The molecule has 2 aliphatic carbocycles. The molecule has 2 N–H and O–H groups in total. The summed E-state index contributed by atoms with van der Waals surface area (Å²) in [6.45, 7) is 3.54. The van der Waals surface area contributed by atoms with Crippen molar-refractivity contribution in [3.63, 3.8) is 0 Å². The van der Waals surface area contributed by atoms with Gasteiger partial charge in [0.25, 0.3) is 0 Å². The van der Waals surface area contributed by atoms with Crippen LogP contribution in [0.2, 0.25) is 0 Å². The van der Waals surface area contributed by atoms with E-state index in [4.69, 9.17) is 6.42 Å². The molecule has 0 spiro atoms. The highest BCUT2D eigenvalue weighted by Gasteiger charge is 2.51. The van der Waals surface area contributed by atoms with Crippen molar-refractivity contribution in [2.75, 3.05) is 13.1 Å². The minimum atomic E-state index is 0.0160. The molecule has 1 aromatic carbocycles. The van der Waals surface area contributed by atoms with E-state index in [1.807, 2.05) is 36.4 Å². The molecule has 164 valence electrons. The summed E-state index contributed by atoms with van der Waals surface area (Å²) < 4.78 is 0. The molecular formula is C27H29N3O2. The summed E-state index contributed by atoms with van der Waals surface area (Å²) in [6.07, 6.45) is 15.0. The smallest absolute Gasteiger partial charge is 0.247 e. The van der Waals surface area contributed by atoms with E-state index in [1.54, 1.807) is 12.4 Å². The highest BCUT2D eigenvalue weighted by molar-refractivity contribution is 6.00. The fourth-order valence-electron chi connectivity index (χ4n) is 4.70. The molecule has 2 aromatic rings. The molecule has 0 bridgehead atoms. The van der Waals surface area contributed by atoms with Crippen molar-refractivity contribution in [3.05, 3.63) is 70.6 Å². The Kier molecular flexibility index (Phi) is 6.41. The van der Waals surface area contributed by atoms with Gasteiger partial charge in [0.1, 0.15) is 0 Å². The number of carbonyl (C=O) groups is 2. The van der Waals surface area contributed by atoms with Gasteiger partial charge in [0.05, 0.1) is 6.42 Å². The van der Waals surface area contributed by atoms with Crippen LogP contribution in [0.25, 0.3) is 6.08 Å². The normalized spacial score (nSPS) is 20.6. The third kappa shape index (κ3) is 4.91. The van der Waals surface area contributed by atoms with Crippen LogP contribution in [0.15, 0.2) is 48.3 Å². The summed E-state index contributed by atoms with van der Waals surface area (Å²) >= 11 is 0. The Morgan fingerprint density at radius 2 is 2.03 bits per heavy atom. The molecule has 1 heterocycles. The first-order valence-electron chi connectivity index (χ1n) is 11.3. The summed E-state index contributed by atoms with van der Waals surface area (Å²) in [6, 6.07) is 9.48. The second-order valence-corrected chi connectivity index (χ2v) is 8.87. The lowest BCUT2D eigenvalue weighted by molar-refractivity contribution is -0.120. The van der Waals surface area contributed by atoms with Crippen molar-refractivity contribution >= 4 is 17.9 Å². The predicted molar refractivity (Wildman–Crippen MR) is 125 cm³/mol. The number of rotatable bonds is 9. The summed E-state index contributed by atoms with van der Waals surface area (Å²) in [5.41, 5.74) is 4.98. The lowest BCUT2D eigenvalue weighted by Gasteiger charge is -2.16. The summed E-state index contributed by atoms with van der Waals surface area (Å²) in [7, 11) is 0. The maximum Gasteiger partial charge on any atom is 0.247 e. The number of aromatic nitrogens is 1. The van der Waals surface area contributed by atoms with Crippen LogP contribution in [-0.4, -0.2) is 29.9 Å². The molecular weight excluding hydrogens is 398 g/mol. The highest BCUT2D eigenvalue weighted by Crippen LogP contribution is 2.57. The molecule has 4 rings (SSSR count). The van der Waals surface area contributed by atoms with Gasteiger partial charge in [0.15, 0.2) is 0 Å². The van der Waals surface area contributed by atoms with Crippen molar-refractivity contribution in [1.29, 1.82) is 0 Å². The molecule has 2 aliphatic rings. The van der Waals surface area contributed by atoms with Crippen LogP contribution in [0.1, 0.15) is 48.4 Å². The topological polar surface area (TPSA) is 71.1 Å². The SMILES string of the molecule is C#Cc1ccc(CC(=O)NCCC2(CC)CC2CNC(=O)C2=Cc3cnccc3C2)cc1. The maximum absolute atomic E-state index is 12.6. The Hall–Kier alpha value is -3.39. The number of pyridine rings is 1. The molecule has 2 amide bonds. The fraction of sp³-hybridized carbons (Fsp3) is 0.370. The highest BCUT2D eigenvalue weighted by atomic mass is 16.2. The van der Waals surface area contributed by atoms with E-state index in [-0.39, 0.29) is 17.2 Å². The third-order valence-corrected chi connectivity index (χ3v) is 6.95. The van der Waals surface area contributed by atoms with Crippen molar-refractivity contribution in [1.82, 2.24) is 15.6 Å². The van der Waals surface area contributed by atoms with Crippen LogP contribution >= 0.6 is 0 Å². The largest absolute Gasteiger partial charge is 0.356 e. The van der Waals surface area contributed by atoms with E-state index in [9.17, 15) is 9.59 Å². The van der Waals surface area contributed by atoms with Gasteiger partial charge in [0, 0.05) is 43.0 Å². The Bertz CT molecular complexity index is 1080. The van der Waals surface area contributed by atoms with E-state index in [0.717, 1.165) is 47.1 Å². The van der Waals surface area contributed by atoms with Crippen molar-refractivity contribution in [3.8, 4) is 12.3 Å². The molecule has 2 unspecified atom stereocenters. The zero-order chi connectivity index (χ0) is 22.6. The number of carbonyl (C=O) groups excluding carboxylic acids is 2. The lowest BCUT2D eigenvalue weighted by Crippen LogP contribution is -2.30. The third-order valence-electron chi connectivity index (χ3n) is 6.95. The van der Waals surface area contributed by atoms with Crippen LogP contribution in [0.5, 0.6) is 0 Å². The van der Waals surface area contributed by atoms with Gasteiger partial charge in [-0.15, -0.1) is 6.42 Å². The van der Waals surface area contributed by atoms with Gasteiger partial charge in [-0.25, -0.2) is 0 Å². The zero-order valence-corrected chi connectivity index (χ0v) is 18.5. The Labute approximate surface area is 189 Å². The Balaban J connectivity index is 1.19. The van der Waals surface area contributed by atoms with Gasteiger partial charge in [-0.05, 0) is 65.1 Å². The molecule has 1 saturated carbocycles. The number of hydrogen-bond acceptors (Lipinski definition) is 3. The maximum atomic E-state index is 12.6. The number of nitrogens with one attached hydrogen (secondary N) is 2. The van der Waals surface area contributed by atoms with E-state index >= 15 is 0 Å². The number of hydrogen-bond donors (Lipinski definition) is 2. The average Bonchev–Trinajstić information content (AvgIpc) is 3.33. The first-order valence-corrected chi connectivity index (χ1v) is 11.3. The zero-order valence-electron chi connectivity index (χ0n) is 18.5. The van der Waals surface area contributed by atoms with Gasteiger partial charge >= 0.3 is 0 Å². The molecule has 5 nitrogen and oxygen atoms in total. The Morgan fingerprint density at radius 3 is 2.75 bits per heavy atom. The minimum Gasteiger partial charge on any atom is -0.356 e. The molecule has 5 heteroatoms. The lowest BCUT2D eigenvalue weighted by atomic mass is 9.95. The number of fused-ring (bicyclic) bond motifs is 1. The fourth-order valence-corrected chi connectivity index (χ4v) is 4.70. The van der Waals surface area contributed by atoms with Gasteiger partial charge in [-0.1, -0.05) is 31.4 Å². The predicted octanol–water partition coefficient (Wildman–Crippen LogP) is 3.28. The second-order valence-electron chi connectivity index (χ2n) is 8.87. The van der Waals surface area contributed by atoms with Crippen molar-refractivity contribution in [2.45, 2.75) is 39.0 Å². The van der Waals surface area contributed by atoms with Gasteiger partial charge < -0.3 is 10.6 Å². The molecule has 0 radical (unpaired) electrons. The second kappa shape index (κ2) is 9.40. The summed E-state index contributed by atoms with van der Waals surface area (Å²) in [5.74, 6) is 3.09. The first-order chi connectivity index (χ1) is 15.5. The van der Waals surface area contributed by atoms with Crippen LogP contribution in [0, 0.1) is 23.7 Å². The van der Waals surface area contributed by atoms with Crippen LogP contribution in [0.3, 0.4) is 0 Å².